The van der Waals surface area contributed by atoms with Crippen LogP contribution in [0.25, 0.3) is 10.9 Å². The zero-order valence-corrected chi connectivity index (χ0v) is 13.6. The Labute approximate surface area is 139 Å². The minimum Gasteiger partial charge on any atom is -0.378 e. The number of hydrogen-bond acceptors (Lipinski definition) is 5. The normalized spacial score (nSPS) is 18.7. The monoisotopic (exact) mass is 328 g/mol. The van der Waals surface area contributed by atoms with Gasteiger partial charge in [-0.2, -0.15) is 0 Å². The minimum atomic E-state index is -0.0569. The number of carbonyl (C=O) groups is 1. The molecule has 4 rings (SSSR count). The molecule has 0 N–H and O–H groups in total. The summed E-state index contributed by atoms with van der Waals surface area (Å²) in [7, 11) is 1.73. The van der Waals surface area contributed by atoms with Gasteiger partial charge in [-0.1, -0.05) is 12.1 Å². The maximum absolute atomic E-state index is 12.5. The molecule has 2 fully saturated rings. The summed E-state index contributed by atoms with van der Waals surface area (Å²) in [5.41, 5.74) is 0.636. The number of ether oxygens (including phenoxy) is 1. The number of aromatic nitrogens is 2. The van der Waals surface area contributed by atoms with Crippen LogP contribution >= 0.6 is 0 Å². The first-order valence-electron chi connectivity index (χ1n) is 8.22. The number of morpholine rings is 1. The van der Waals surface area contributed by atoms with Crippen molar-refractivity contribution in [3.05, 3.63) is 34.6 Å². The average molecular weight is 328 g/mol. The molecule has 0 unspecified atom stereocenters. The predicted octanol–water partition coefficient (Wildman–Crippen LogP) is 0.228. The Bertz CT molecular complexity index is 835. The number of benzene rings is 1. The fraction of sp³-hybridized carbons (Fsp3) is 0.471. The third kappa shape index (κ3) is 2.45. The molecule has 2 aromatic rings. The Balaban J connectivity index is 1.52. The Hall–Kier alpha value is -2.41. The van der Waals surface area contributed by atoms with Crippen LogP contribution in [0.5, 0.6) is 0 Å². The lowest BCUT2D eigenvalue weighted by atomic mass is 9.98. The van der Waals surface area contributed by atoms with Gasteiger partial charge in [-0.05, 0) is 12.1 Å². The zero-order chi connectivity index (χ0) is 16.7. The molecule has 1 aromatic carbocycles. The first-order valence-corrected chi connectivity index (χ1v) is 8.22. The average Bonchev–Trinajstić information content (AvgIpc) is 2.58. The van der Waals surface area contributed by atoms with Crippen LogP contribution in [0.3, 0.4) is 0 Å². The largest absolute Gasteiger partial charge is 0.378 e. The predicted molar refractivity (Wildman–Crippen MR) is 90.1 cm³/mol. The summed E-state index contributed by atoms with van der Waals surface area (Å²) in [6.45, 7) is 3.78. The fourth-order valence-corrected chi connectivity index (χ4v) is 3.33. The summed E-state index contributed by atoms with van der Waals surface area (Å²) in [6, 6.07) is 7.34. The molecule has 0 spiro atoms. The van der Waals surface area contributed by atoms with Crippen molar-refractivity contribution in [3.8, 4) is 0 Å². The first kappa shape index (κ1) is 15.1. The lowest BCUT2D eigenvalue weighted by Gasteiger charge is -2.42. The van der Waals surface area contributed by atoms with Gasteiger partial charge >= 0.3 is 0 Å². The van der Waals surface area contributed by atoms with Crippen molar-refractivity contribution in [1.82, 2.24) is 14.5 Å². The van der Waals surface area contributed by atoms with Crippen molar-refractivity contribution in [2.45, 2.75) is 0 Å². The lowest BCUT2D eigenvalue weighted by molar-refractivity contribution is -0.140. The highest BCUT2D eigenvalue weighted by Gasteiger charge is 2.37. The van der Waals surface area contributed by atoms with Gasteiger partial charge in [0.15, 0.2) is 0 Å². The van der Waals surface area contributed by atoms with E-state index in [1.54, 1.807) is 17.7 Å². The second-order valence-electron chi connectivity index (χ2n) is 6.33. The molecule has 1 amide bonds. The molecular weight excluding hydrogens is 308 g/mol. The van der Waals surface area contributed by atoms with E-state index in [0.717, 1.165) is 0 Å². The molecule has 3 heterocycles. The Morgan fingerprint density at radius 3 is 2.67 bits per heavy atom. The molecule has 2 saturated heterocycles. The number of para-hydroxylation sites is 1. The Morgan fingerprint density at radius 1 is 1.21 bits per heavy atom. The molecule has 2 aliphatic rings. The van der Waals surface area contributed by atoms with Crippen LogP contribution in [-0.2, 0) is 16.6 Å². The molecule has 0 atom stereocenters. The molecule has 0 bridgehead atoms. The first-order chi connectivity index (χ1) is 11.6. The Kier molecular flexibility index (Phi) is 3.72. The number of carbonyl (C=O) groups excluding carboxylic acids is 1. The van der Waals surface area contributed by atoms with Gasteiger partial charge in [0.2, 0.25) is 11.9 Å². The van der Waals surface area contributed by atoms with Crippen LogP contribution in [0.4, 0.5) is 5.95 Å². The Morgan fingerprint density at radius 2 is 1.92 bits per heavy atom. The van der Waals surface area contributed by atoms with E-state index in [4.69, 9.17) is 4.74 Å². The van der Waals surface area contributed by atoms with Crippen LogP contribution in [0.2, 0.25) is 0 Å². The smallest absolute Gasteiger partial charge is 0.262 e. The molecule has 24 heavy (non-hydrogen) atoms. The quantitative estimate of drug-likeness (QED) is 0.789. The van der Waals surface area contributed by atoms with E-state index < -0.39 is 0 Å². The van der Waals surface area contributed by atoms with Crippen LogP contribution < -0.4 is 10.5 Å². The molecule has 126 valence electrons. The summed E-state index contributed by atoms with van der Waals surface area (Å²) in [4.78, 5) is 33.4. The zero-order valence-electron chi connectivity index (χ0n) is 13.6. The second-order valence-corrected chi connectivity index (χ2v) is 6.33. The highest BCUT2D eigenvalue weighted by molar-refractivity contribution is 5.83. The number of anilines is 1. The molecule has 1 aromatic heterocycles. The number of rotatable bonds is 2. The van der Waals surface area contributed by atoms with E-state index in [0.29, 0.717) is 56.2 Å². The van der Waals surface area contributed by atoms with E-state index in [1.807, 2.05) is 28.0 Å². The van der Waals surface area contributed by atoms with E-state index in [9.17, 15) is 9.59 Å². The molecular formula is C17H20N4O3. The fourth-order valence-electron chi connectivity index (χ4n) is 3.33. The molecule has 0 aliphatic carbocycles. The van der Waals surface area contributed by atoms with Crippen LogP contribution in [-0.4, -0.2) is 59.8 Å². The van der Waals surface area contributed by atoms with Gasteiger partial charge in [0.05, 0.1) is 30.0 Å². The van der Waals surface area contributed by atoms with Gasteiger partial charge in [0.1, 0.15) is 0 Å². The third-order valence-corrected chi connectivity index (χ3v) is 4.80. The molecule has 7 nitrogen and oxygen atoms in total. The van der Waals surface area contributed by atoms with Crippen LogP contribution in [0.1, 0.15) is 0 Å². The van der Waals surface area contributed by atoms with Crippen molar-refractivity contribution in [1.29, 1.82) is 0 Å². The third-order valence-electron chi connectivity index (χ3n) is 4.80. The van der Waals surface area contributed by atoms with E-state index in [-0.39, 0.29) is 17.4 Å². The van der Waals surface area contributed by atoms with Crippen LogP contribution in [0.15, 0.2) is 29.1 Å². The van der Waals surface area contributed by atoms with E-state index in [2.05, 4.69) is 4.98 Å². The van der Waals surface area contributed by atoms with Gasteiger partial charge in [-0.25, -0.2) is 4.98 Å². The summed E-state index contributed by atoms with van der Waals surface area (Å²) in [5.74, 6) is 0.788. The van der Waals surface area contributed by atoms with Crippen molar-refractivity contribution in [2.24, 2.45) is 13.0 Å². The highest BCUT2D eigenvalue weighted by Crippen LogP contribution is 2.24. The molecule has 2 aliphatic heterocycles. The van der Waals surface area contributed by atoms with Crippen LogP contribution in [0, 0.1) is 5.92 Å². The number of amides is 1. The van der Waals surface area contributed by atoms with Gasteiger partial charge < -0.3 is 14.5 Å². The maximum Gasteiger partial charge on any atom is 0.262 e. The highest BCUT2D eigenvalue weighted by atomic mass is 16.5. The van der Waals surface area contributed by atoms with Gasteiger partial charge in [0.25, 0.3) is 5.56 Å². The van der Waals surface area contributed by atoms with Gasteiger partial charge in [-0.15, -0.1) is 0 Å². The van der Waals surface area contributed by atoms with Crippen molar-refractivity contribution >= 4 is 22.8 Å². The topological polar surface area (TPSA) is 67.7 Å². The number of hydrogen-bond donors (Lipinski definition) is 0. The SMILES string of the molecule is Cn1c(N2CC(C(=O)N3CCOCC3)C2)nc2ccccc2c1=O. The summed E-state index contributed by atoms with van der Waals surface area (Å²) < 4.78 is 6.86. The molecule has 0 radical (unpaired) electrons. The van der Waals surface area contributed by atoms with Crippen molar-refractivity contribution < 1.29 is 9.53 Å². The summed E-state index contributed by atoms with van der Waals surface area (Å²) in [5, 5.41) is 0.616. The summed E-state index contributed by atoms with van der Waals surface area (Å²) >= 11 is 0. The molecule has 7 heteroatoms. The van der Waals surface area contributed by atoms with Crippen molar-refractivity contribution in [3.63, 3.8) is 0 Å². The summed E-state index contributed by atoms with van der Waals surface area (Å²) in [6.07, 6.45) is 0. The second kappa shape index (κ2) is 5.90. The molecule has 0 saturated carbocycles. The van der Waals surface area contributed by atoms with E-state index in [1.165, 1.54) is 0 Å². The lowest BCUT2D eigenvalue weighted by Crippen LogP contribution is -2.57. The standard InChI is InChI=1S/C17H20N4O3/c1-19-16(23)13-4-2-3-5-14(13)18-17(19)21-10-12(11-21)15(22)20-6-8-24-9-7-20/h2-5,12H,6-11H2,1H3. The number of fused-ring (bicyclic) bond motifs is 1. The number of nitrogens with zero attached hydrogens (tertiary/aromatic N) is 4. The van der Waals surface area contributed by atoms with Gasteiger partial charge in [-0.3, -0.25) is 14.2 Å². The van der Waals surface area contributed by atoms with E-state index >= 15 is 0 Å². The van der Waals surface area contributed by atoms with Gasteiger partial charge in [0, 0.05) is 33.2 Å². The minimum absolute atomic E-state index is 0.0218. The van der Waals surface area contributed by atoms with Crippen molar-refractivity contribution in [2.75, 3.05) is 44.3 Å². The maximum atomic E-state index is 12.5.